The van der Waals surface area contributed by atoms with E-state index in [4.69, 9.17) is 11.6 Å². The topological polar surface area (TPSA) is 85.5 Å². The maximum absolute atomic E-state index is 13.9. The second-order valence-corrected chi connectivity index (χ2v) is 12.8. The molecule has 0 radical (unpaired) electrons. The molecule has 2 N–H and O–H groups in total. The molecule has 0 aliphatic carbocycles. The van der Waals surface area contributed by atoms with E-state index in [0.29, 0.717) is 29.4 Å². The molecule has 3 aromatic carbocycles. The van der Waals surface area contributed by atoms with Crippen LogP contribution in [0.15, 0.2) is 78.9 Å². The Labute approximate surface area is 250 Å². The number of hydrogen-bond donors (Lipinski definition) is 2. The minimum Gasteiger partial charge on any atom is -0.351 e. The number of fused-ring (bicyclic) bond motifs is 2. The van der Waals surface area contributed by atoms with Gasteiger partial charge in [-0.25, -0.2) is 0 Å². The van der Waals surface area contributed by atoms with E-state index < -0.39 is 11.5 Å². The Hall–Kier alpha value is -4.10. The monoisotopic (exact) mass is 582 g/mol. The molecular formula is C34H35ClN4O3. The lowest BCUT2D eigenvalue weighted by atomic mass is 9.81. The lowest BCUT2D eigenvalue weighted by Crippen LogP contribution is -2.73. The fourth-order valence-corrected chi connectivity index (χ4v) is 6.40. The number of rotatable bonds is 5. The molecule has 3 amide bonds. The van der Waals surface area contributed by atoms with Crippen molar-refractivity contribution in [2.75, 3.05) is 13.1 Å². The number of amides is 3. The molecule has 0 saturated carbocycles. The normalized spacial score (nSPS) is 19.1. The van der Waals surface area contributed by atoms with Crippen molar-refractivity contribution in [2.24, 2.45) is 5.41 Å². The summed E-state index contributed by atoms with van der Waals surface area (Å²) in [5, 5.41) is 4.36. The predicted molar refractivity (Wildman–Crippen MR) is 165 cm³/mol. The molecule has 2 aliphatic heterocycles. The van der Waals surface area contributed by atoms with Crippen molar-refractivity contribution in [1.29, 1.82) is 0 Å². The summed E-state index contributed by atoms with van der Waals surface area (Å²) in [7, 11) is 0. The number of halogens is 1. The summed E-state index contributed by atoms with van der Waals surface area (Å²) in [5.41, 5.74) is 3.20. The second-order valence-electron chi connectivity index (χ2n) is 12.4. The number of hydrogen-bond acceptors (Lipinski definition) is 3. The Morgan fingerprint density at radius 2 is 1.64 bits per heavy atom. The van der Waals surface area contributed by atoms with Gasteiger partial charge < -0.3 is 20.1 Å². The Bertz CT molecular complexity index is 1630. The van der Waals surface area contributed by atoms with Gasteiger partial charge in [0, 0.05) is 24.0 Å². The summed E-state index contributed by atoms with van der Waals surface area (Å²) in [5.74, 6) is -0.546. The van der Waals surface area contributed by atoms with E-state index in [2.05, 4.69) is 10.3 Å². The van der Waals surface area contributed by atoms with Crippen molar-refractivity contribution in [3.8, 4) is 11.1 Å². The van der Waals surface area contributed by atoms with Gasteiger partial charge in [0.1, 0.15) is 11.7 Å². The molecule has 2 saturated heterocycles. The number of nitrogens with zero attached hydrogens (tertiary/aromatic N) is 2. The van der Waals surface area contributed by atoms with E-state index in [9.17, 15) is 14.4 Å². The first-order valence-electron chi connectivity index (χ1n) is 14.5. The second kappa shape index (κ2) is 11.0. The maximum Gasteiger partial charge on any atom is 0.268 e. The Balaban J connectivity index is 1.18. The first-order valence-corrected chi connectivity index (χ1v) is 14.8. The third-order valence-electron chi connectivity index (χ3n) is 8.54. The molecule has 2 fully saturated rings. The Kier molecular flexibility index (Phi) is 7.31. The molecule has 3 atom stereocenters. The maximum atomic E-state index is 13.9. The third-order valence-corrected chi connectivity index (χ3v) is 8.87. The van der Waals surface area contributed by atoms with Crippen molar-refractivity contribution >= 4 is 40.2 Å². The number of piperidine rings is 1. The van der Waals surface area contributed by atoms with E-state index >= 15 is 0 Å². The number of aromatic nitrogens is 1. The fourth-order valence-electron chi connectivity index (χ4n) is 6.20. The molecule has 8 heteroatoms. The molecule has 2 aliphatic rings. The van der Waals surface area contributed by atoms with E-state index in [0.717, 1.165) is 34.9 Å². The van der Waals surface area contributed by atoms with Crippen LogP contribution in [0.5, 0.6) is 0 Å². The van der Waals surface area contributed by atoms with Gasteiger partial charge in [-0.05, 0) is 53.6 Å². The van der Waals surface area contributed by atoms with E-state index in [1.165, 1.54) is 0 Å². The van der Waals surface area contributed by atoms with Gasteiger partial charge >= 0.3 is 0 Å². The molecule has 3 heterocycles. The average Bonchev–Trinajstić information content (AvgIpc) is 3.40. The lowest BCUT2D eigenvalue weighted by molar-refractivity contribution is -0.152. The fraction of sp³-hybridized carbons (Fsp3) is 0.324. The highest BCUT2D eigenvalue weighted by molar-refractivity contribution is 6.34. The Morgan fingerprint density at radius 1 is 0.905 bits per heavy atom. The van der Waals surface area contributed by atoms with Crippen LogP contribution in [0.1, 0.15) is 54.5 Å². The lowest BCUT2D eigenvalue weighted by Gasteiger charge is -2.56. The number of aromatic amines is 1. The molecule has 216 valence electrons. The van der Waals surface area contributed by atoms with Crippen LogP contribution in [0.2, 0.25) is 5.02 Å². The molecule has 1 aromatic heterocycles. The smallest absolute Gasteiger partial charge is 0.268 e. The number of carbonyl (C=O) groups is 3. The number of para-hydroxylation sites is 1. The van der Waals surface area contributed by atoms with Crippen molar-refractivity contribution < 1.29 is 14.4 Å². The summed E-state index contributed by atoms with van der Waals surface area (Å²) in [6.45, 7) is 6.91. The van der Waals surface area contributed by atoms with E-state index in [-0.39, 0.29) is 29.8 Å². The molecule has 0 bridgehead atoms. The van der Waals surface area contributed by atoms with E-state index in [1.807, 2.05) is 97.3 Å². The van der Waals surface area contributed by atoms with Crippen LogP contribution in [0.25, 0.3) is 22.0 Å². The first kappa shape index (κ1) is 28.0. The molecule has 42 heavy (non-hydrogen) atoms. The quantitative estimate of drug-likeness (QED) is 0.296. The van der Waals surface area contributed by atoms with Crippen molar-refractivity contribution in [3.05, 3.63) is 95.1 Å². The zero-order chi connectivity index (χ0) is 29.6. The van der Waals surface area contributed by atoms with Crippen LogP contribution in [0.3, 0.4) is 0 Å². The van der Waals surface area contributed by atoms with Gasteiger partial charge in [0.05, 0.1) is 22.7 Å². The number of carbonyl (C=O) groups excluding carboxylic acids is 3. The molecule has 4 aromatic rings. The zero-order valence-corrected chi connectivity index (χ0v) is 24.8. The van der Waals surface area contributed by atoms with Crippen LogP contribution in [0, 0.1) is 5.41 Å². The van der Waals surface area contributed by atoms with Gasteiger partial charge in [-0.2, -0.15) is 0 Å². The van der Waals surface area contributed by atoms with Gasteiger partial charge in [0.2, 0.25) is 5.91 Å². The van der Waals surface area contributed by atoms with Crippen LogP contribution in [-0.4, -0.2) is 63.7 Å². The summed E-state index contributed by atoms with van der Waals surface area (Å²) in [4.78, 5) is 47.9. The largest absolute Gasteiger partial charge is 0.351 e. The summed E-state index contributed by atoms with van der Waals surface area (Å²) < 4.78 is 0. The highest BCUT2D eigenvalue weighted by Crippen LogP contribution is 2.36. The summed E-state index contributed by atoms with van der Waals surface area (Å²) in [6.07, 6.45) is 1.60. The first-order chi connectivity index (χ1) is 20.1. The van der Waals surface area contributed by atoms with Gasteiger partial charge in [0.25, 0.3) is 11.8 Å². The SMILES string of the molecule is CC(C)(C)[C@H](NC(=O)c1cc2ccccc2[nH]1)C(=O)N1C[C@@H]2C1CCCN2C(=O)c1cc(-c2ccccc2)ccc1Cl. The summed E-state index contributed by atoms with van der Waals surface area (Å²) in [6, 6.07) is 24.1. The van der Waals surface area contributed by atoms with Crippen molar-refractivity contribution in [2.45, 2.75) is 51.7 Å². The van der Waals surface area contributed by atoms with Crippen molar-refractivity contribution in [3.63, 3.8) is 0 Å². The minimum absolute atomic E-state index is 0.0864. The van der Waals surface area contributed by atoms with Crippen LogP contribution >= 0.6 is 11.6 Å². The predicted octanol–water partition coefficient (Wildman–Crippen LogP) is 6.15. The third kappa shape index (κ3) is 5.18. The number of nitrogens with one attached hydrogen (secondary N) is 2. The number of likely N-dealkylation sites (tertiary alicyclic amines) is 2. The summed E-state index contributed by atoms with van der Waals surface area (Å²) >= 11 is 6.54. The molecule has 1 unspecified atom stereocenters. The van der Waals surface area contributed by atoms with E-state index in [1.54, 1.807) is 12.1 Å². The highest BCUT2D eigenvalue weighted by atomic mass is 35.5. The molecule has 6 rings (SSSR count). The molecular weight excluding hydrogens is 548 g/mol. The van der Waals surface area contributed by atoms with Crippen LogP contribution < -0.4 is 5.32 Å². The zero-order valence-electron chi connectivity index (χ0n) is 24.1. The Morgan fingerprint density at radius 3 is 2.38 bits per heavy atom. The van der Waals surface area contributed by atoms with Crippen molar-refractivity contribution in [1.82, 2.24) is 20.1 Å². The molecule has 0 spiro atoms. The number of benzene rings is 3. The minimum atomic E-state index is -0.722. The molecule has 7 nitrogen and oxygen atoms in total. The average molecular weight is 583 g/mol. The highest BCUT2D eigenvalue weighted by Gasteiger charge is 2.51. The van der Waals surface area contributed by atoms with Gasteiger partial charge in [0.15, 0.2) is 0 Å². The van der Waals surface area contributed by atoms with Crippen LogP contribution in [-0.2, 0) is 4.79 Å². The standard InChI is InChI=1S/C34H35ClN4O3/c1-34(2,3)30(37-31(40)27-19-23-12-7-8-13-26(23)36-27)33(42)39-20-29-28(39)14-9-17-38(29)32(41)24-18-22(15-16-25(24)35)21-10-5-4-6-11-21/h4-8,10-13,15-16,18-19,28-30,36H,9,14,17,20H2,1-3H3,(H,37,40)/t28?,29-,30-/m1/s1. The van der Waals surface area contributed by atoms with Gasteiger partial charge in [-0.3, -0.25) is 14.4 Å². The van der Waals surface area contributed by atoms with Gasteiger partial charge in [-0.1, -0.05) is 87.0 Å². The van der Waals surface area contributed by atoms with Gasteiger partial charge in [-0.15, -0.1) is 0 Å². The van der Waals surface area contributed by atoms with Crippen LogP contribution in [0.4, 0.5) is 0 Å². The number of H-pyrrole nitrogens is 1.